The maximum atomic E-state index is 9.42. The first-order chi connectivity index (χ1) is 16.6. The molecule has 172 valence electrons. The van der Waals surface area contributed by atoms with Crippen molar-refractivity contribution in [1.29, 1.82) is 5.26 Å². The lowest BCUT2D eigenvalue weighted by Crippen LogP contribution is -2.44. The minimum absolute atomic E-state index is 0.659. The molecule has 8 heteroatoms. The van der Waals surface area contributed by atoms with Gasteiger partial charge in [0.15, 0.2) is 0 Å². The molecule has 5 rings (SSSR count). The number of ether oxygens (including phenoxy) is 1. The van der Waals surface area contributed by atoms with Gasteiger partial charge >= 0.3 is 0 Å². The molecule has 1 N–H and O–H groups in total. The standard InChI is InChI=1S/C26H26N6OS/c1-30-11-13-31(14-12-30)21-7-8-22(24(15-21)33-2)29-26-16-23-20(18-28-26)9-10-32(23)34-25-6-4-3-5-19(25)17-27/h3-10,15-16,18H,11-14H2,1-2H3,(H,28,29). The summed E-state index contributed by atoms with van der Waals surface area (Å²) in [6.45, 7) is 4.13. The second-order valence-corrected chi connectivity index (χ2v) is 9.28. The van der Waals surface area contributed by atoms with Crippen molar-refractivity contribution in [2.24, 2.45) is 0 Å². The van der Waals surface area contributed by atoms with Crippen LogP contribution in [0.25, 0.3) is 10.9 Å². The molecule has 34 heavy (non-hydrogen) atoms. The van der Waals surface area contributed by atoms with Crippen LogP contribution in [0.4, 0.5) is 17.2 Å². The molecule has 3 heterocycles. The van der Waals surface area contributed by atoms with Gasteiger partial charge in [-0.15, -0.1) is 0 Å². The van der Waals surface area contributed by atoms with Crippen LogP contribution in [0.3, 0.4) is 0 Å². The summed E-state index contributed by atoms with van der Waals surface area (Å²) in [7, 11) is 3.85. The Morgan fingerprint density at radius 3 is 2.68 bits per heavy atom. The van der Waals surface area contributed by atoms with Crippen LogP contribution in [0.15, 0.2) is 71.9 Å². The quantitative estimate of drug-likeness (QED) is 0.427. The molecule has 0 aliphatic carbocycles. The van der Waals surface area contributed by atoms with E-state index < -0.39 is 0 Å². The summed E-state index contributed by atoms with van der Waals surface area (Å²) >= 11 is 1.52. The third-order valence-corrected chi connectivity index (χ3v) is 7.13. The van der Waals surface area contributed by atoms with Crippen LogP contribution in [0.1, 0.15) is 5.56 Å². The highest BCUT2D eigenvalue weighted by Gasteiger charge is 2.16. The van der Waals surface area contributed by atoms with Gasteiger partial charge in [0, 0.05) is 66.7 Å². The van der Waals surface area contributed by atoms with Crippen molar-refractivity contribution >= 4 is 40.0 Å². The summed E-state index contributed by atoms with van der Waals surface area (Å²) in [6, 6.07) is 20.2. The molecule has 2 aromatic carbocycles. The number of pyridine rings is 1. The number of nitrogens with one attached hydrogen (secondary N) is 1. The van der Waals surface area contributed by atoms with Crippen LogP contribution in [0.2, 0.25) is 0 Å². The first-order valence-electron chi connectivity index (χ1n) is 11.2. The van der Waals surface area contributed by atoms with E-state index in [2.05, 4.69) is 55.4 Å². The molecule has 7 nitrogen and oxygen atoms in total. The molecule has 2 aromatic heterocycles. The number of piperazine rings is 1. The van der Waals surface area contributed by atoms with E-state index >= 15 is 0 Å². The maximum absolute atomic E-state index is 9.42. The van der Waals surface area contributed by atoms with E-state index in [1.807, 2.05) is 48.8 Å². The molecule has 0 atom stereocenters. The largest absolute Gasteiger partial charge is 0.494 e. The van der Waals surface area contributed by atoms with Gasteiger partial charge in [0.05, 0.1) is 23.9 Å². The van der Waals surface area contributed by atoms with E-state index in [9.17, 15) is 5.26 Å². The van der Waals surface area contributed by atoms with Gasteiger partial charge in [-0.2, -0.15) is 5.26 Å². The Balaban J connectivity index is 1.39. The van der Waals surface area contributed by atoms with Gasteiger partial charge in [-0.25, -0.2) is 4.98 Å². The Kier molecular flexibility index (Phi) is 6.30. The van der Waals surface area contributed by atoms with Gasteiger partial charge in [-0.3, -0.25) is 3.97 Å². The first kappa shape index (κ1) is 22.1. The summed E-state index contributed by atoms with van der Waals surface area (Å²) in [5, 5.41) is 13.9. The summed E-state index contributed by atoms with van der Waals surface area (Å²) in [4.78, 5) is 10.2. The smallest absolute Gasteiger partial charge is 0.144 e. The van der Waals surface area contributed by atoms with E-state index in [1.165, 1.54) is 17.6 Å². The van der Waals surface area contributed by atoms with Gasteiger partial charge in [-0.1, -0.05) is 12.1 Å². The molecule has 1 aliphatic rings. The predicted molar refractivity (Wildman–Crippen MR) is 138 cm³/mol. The van der Waals surface area contributed by atoms with Crippen LogP contribution in [-0.2, 0) is 0 Å². The summed E-state index contributed by atoms with van der Waals surface area (Å²) in [6.07, 6.45) is 3.86. The number of methoxy groups -OCH3 is 1. The Morgan fingerprint density at radius 1 is 1.06 bits per heavy atom. The second-order valence-electron chi connectivity index (χ2n) is 8.27. The van der Waals surface area contributed by atoms with Crippen LogP contribution in [-0.4, -0.2) is 54.2 Å². The Bertz CT molecular complexity index is 1350. The van der Waals surface area contributed by atoms with Crippen molar-refractivity contribution in [3.63, 3.8) is 0 Å². The molecule has 0 radical (unpaired) electrons. The maximum Gasteiger partial charge on any atom is 0.144 e. The summed E-state index contributed by atoms with van der Waals surface area (Å²) in [5.74, 6) is 1.51. The van der Waals surface area contributed by atoms with Crippen molar-refractivity contribution < 1.29 is 4.74 Å². The van der Waals surface area contributed by atoms with Crippen LogP contribution < -0.4 is 15.0 Å². The highest BCUT2D eigenvalue weighted by atomic mass is 32.2. The number of hydrogen-bond acceptors (Lipinski definition) is 7. The minimum Gasteiger partial charge on any atom is -0.494 e. The molecule has 0 unspecified atom stereocenters. The first-order valence-corrected chi connectivity index (χ1v) is 11.9. The predicted octanol–water partition coefficient (Wildman–Crippen LogP) is 4.97. The number of aromatic nitrogens is 2. The summed E-state index contributed by atoms with van der Waals surface area (Å²) in [5.41, 5.74) is 3.71. The molecule has 0 bridgehead atoms. The zero-order chi connectivity index (χ0) is 23.5. The monoisotopic (exact) mass is 470 g/mol. The number of hydrogen-bond donors (Lipinski definition) is 1. The number of benzene rings is 2. The van der Waals surface area contributed by atoms with Crippen LogP contribution >= 0.6 is 11.9 Å². The van der Waals surface area contributed by atoms with Gasteiger partial charge in [0.25, 0.3) is 0 Å². The van der Waals surface area contributed by atoms with E-state index in [0.29, 0.717) is 5.56 Å². The van der Waals surface area contributed by atoms with E-state index in [1.54, 1.807) is 7.11 Å². The topological polar surface area (TPSA) is 69.3 Å². The number of nitrogens with zero attached hydrogens (tertiary/aromatic N) is 5. The highest BCUT2D eigenvalue weighted by Crippen LogP contribution is 2.34. The SMILES string of the molecule is COc1cc(N2CCN(C)CC2)ccc1Nc1cc2c(ccn2Sc2ccccc2C#N)cn1. The van der Waals surface area contributed by atoms with Crippen molar-refractivity contribution in [1.82, 2.24) is 13.9 Å². The number of nitriles is 1. The molecule has 1 aliphatic heterocycles. The van der Waals surface area contributed by atoms with E-state index in [4.69, 9.17) is 4.74 Å². The zero-order valence-corrected chi connectivity index (χ0v) is 20.0. The van der Waals surface area contributed by atoms with Crippen molar-refractivity contribution in [2.45, 2.75) is 4.90 Å². The Hall–Kier alpha value is -3.67. The van der Waals surface area contributed by atoms with Crippen molar-refractivity contribution in [3.8, 4) is 11.8 Å². The van der Waals surface area contributed by atoms with Crippen LogP contribution in [0, 0.1) is 11.3 Å². The molecule has 1 saturated heterocycles. The van der Waals surface area contributed by atoms with Gasteiger partial charge in [0.1, 0.15) is 17.6 Å². The van der Waals surface area contributed by atoms with Gasteiger partial charge < -0.3 is 19.9 Å². The fourth-order valence-electron chi connectivity index (χ4n) is 4.08. The summed E-state index contributed by atoms with van der Waals surface area (Å²) < 4.78 is 7.77. The second kappa shape index (κ2) is 9.67. The molecule has 0 amide bonds. The van der Waals surface area contributed by atoms with Gasteiger partial charge in [-0.05, 0) is 49.3 Å². The third kappa shape index (κ3) is 4.53. The highest BCUT2D eigenvalue weighted by molar-refractivity contribution is 7.98. The fourth-order valence-corrected chi connectivity index (χ4v) is 5.02. The molecule has 4 aromatic rings. The normalized spacial score (nSPS) is 14.2. The fraction of sp³-hybridized carbons (Fsp3) is 0.231. The average Bonchev–Trinajstić information content (AvgIpc) is 3.27. The minimum atomic E-state index is 0.659. The number of likely N-dealkylation sites (N-methyl/N-ethyl adjacent to an activating group) is 1. The van der Waals surface area contributed by atoms with Gasteiger partial charge in [0.2, 0.25) is 0 Å². The molecule has 0 saturated carbocycles. The molecule has 1 fully saturated rings. The molecular weight excluding hydrogens is 444 g/mol. The Labute approximate surface area is 203 Å². The average molecular weight is 471 g/mol. The lowest BCUT2D eigenvalue weighted by Gasteiger charge is -2.34. The van der Waals surface area contributed by atoms with Crippen molar-refractivity contribution in [3.05, 3.63) is 72.6 Å². The lowest BCUT2D eigenvalue weighted by molar-refractivity contribution is 0.312. The molecule has 0 spiro atoms. The van der Waals surface area contributed by atoms with E-state index in [0.717, 1.165) is 59.2 Å². The zero-order valence-electron chi connectivity index (χ0n) is 19.2. The Morgan fingerprint density at radius 2 is 1.88 bits per heavy atom. The number of fused-ring (bicyclic) bond motifs is 1. The van der Waals surface area contributed by atoms with Crippen LogP contribution in [0.5, 0.6) is 5.75 Å². The number of rotatable bonds is 6. The lowest BCUT2D eigenvalue weighted by atomic mass is 10.2. The van der Waals surface area contributed by atoms with Crippen molar-refractivity contribution in [2.75, 3.05) is 50.6 Å². The third-order valence-electron chi connectivity index (χ3n) is 6.06. The van der Waals surface area contributed by atoms with E-state index in [-0.39, 0.29) is 0 Å². The number of anilines is 3. The molecular formula is C26H26N6OS.